The lowest BCUT2D eigenvalue weighted by atomic mass is 10.1. The summed E-state index contributed by atoms with van der Waals surface area (Å²) in [5, 5.41) is 2.95. The van der Waals surface area contributed by atoms with E-state index in [-0.39, 0.29) is 18.2 Å². The molecule has 0 heterocycles. The summed E-state index contributed by atoms with van der Waals surface area (Å²) < 4.78 is 0. The number of anilines is 2. The predicted molar refractivity (Wildman–Crippen MR) is 103 cm³/mol. The van der Waals surface area contributed by atoms with E-state index in [9.17, 15) is 9.59 Å². The van der Waals surface area contributed by atoms with Crippen LogP contribution in [0.4, 0.5) is 11.4 Å². The van der Waals surface area contributed by atoms with Gasteiger partial charge in [0.1, 0.15) is 0 Å². The molecule has 0 spiro atoms. The van der Waals surface area contributed by atoms with Crippen molar-refractivity contribution in [3.63, 3.8) is 0 Å². The molecule has 25 heavy (non-hydrogen) atoms. The first kappa shape index (κ1) is 18.7. The van der Waals surface area contributed by atoms with Crippen LogP contribution in [0, 0.1) is 27.7 Å². The number of aryl methyl sites for hydroxylation is 3. The van der Waals surface area contributed by atoms with Crippen molar-refractivity contribution < 1.29 is 9.59 Å². The fraction of sp³-hybridized carbons (Fsp3) is 0.333. The van der Waals surface area contributed by atoms with Gasteiger partial charge in [-0.25, -0.2) is 0 Å². The molecular weight excluding hydrogens is 312 g/mol. The Morgan fingerprint density at radius 3 is 2.40 bits per heavy atom. The van der Waals surface area contributed by atoms with Gasteiger partial charge < -0.3 is 10.2 Å². The number of hydrogen-bond acceptors (Lipinski definition) is 2. The van der Waals surface area contributed by atoms with Crippen molar-refractivity contribution in [1.82, 2.24) is 0 Å². The average molecular weight is 338 g/mol. The molecule has 0 aliphatic heterocycles. The van der Waals surface area contributed by atoms with E-state index >= 15 is 0 Å². The van der Waals surface area contributed by atoms with E-state index in [2.05, 4.69) is 5.32 Å². The molecule has 2 amide bonds. The number of carbonyl (C=O) groups is 2. The SMILES string of the molecule is CC(=O)N(CCC(=O)Nc1cccc(C)c1C)c1cc(C)ccc1C. The topological polar surface area (TPSA) is 49.4 Å². The molecule has 4 nitrogen and oxygen atoms in total. The molecule has 0 saturated carbocycles. The van der Waals surface area contributed by atoms with E-state index in [0.717, 1.165) is 33.6 Å². The zero-order valence-corrected chi connectivity index (χ0v) is 15.6. The largest absolute Gasteiger partial charge is 0.326 e. The minimum atomic E-state index is -0.0924. The Morgan fingerprint density at radius 1 is 1.00 bits per heavy atom. The Morgan fingerprint density at radius 2 is 1.72 bits per heavy atom. The van der Waals surface area contributed by atoms with Gasteiger partial charge in [-0.3, -0.25) is 9.59 Å². The van der Waals surface area contributed by atoms with Crippen molar-refractivity contribution in [2.45, 2.75) is 41.0 Å². The molecule has 0 unspecified atom stereocenters. The molecular formula is C21H26N2O2. The van der Waals surface area contributed by atoms with Crippen LogP contribution in [0.25, 0.3) is 0 Å². The number of rotatable bonds is 5. The maximum atomic E-state index is 12.3. The summed E-state index contributed by atoms with van der Waals surface area (Å²) in [4.78, 5) is 26.1. The van der Waals surface area contributed by atoms with Gasteiger partial charge in [-0.1, -0.05) is 24.3 Å². The number of nitrogens with one attached hydrogen (secondary N) is 1. The van der Waals surface area contributed by atoms with Crippen molar-refractivity contribution in [2.24, 2.45) is 0 Å². The highest BCUT2D eigenvalue weighted by molar-refractivity contribution is 5.95. The van der Waals surface area contributed by atoms with Gasteiger partial charge >= 0.3 is 0 Å². The van der Waals surface area contributed by atoms with E-state index in [1.807, 2.05) is 64.1 Å². The maximum Gasteiger partial charge on any atom is 0.226 e. The number of hydrogen-bond donors (Lipinski definition) is 1. The van der Waals surface area contributed by atoms with E-state index < -0.39 is 0 Å². The molecule has 132 valence electrons. The zero-order chi connectivity index (χ0) is 18.6. The van der Waals surface area contributed by atoms with Crippen LogP contribution < -0.4 is 10.2 Å². The molecule has 0 radical (unpaired) electrons. The van der Waals surface area contributed by atoms with Gasteiger partial charge in [0.25, 0.3) is 0 Å². The van der Waals surface area contributed by atoms with Crippen LogP contribution in [0.15, 0.2) is 36.4 Å². The van der Waals surface area contributed by atoms with E-state index in [1.165, 1.54) is 6.92 Å². The van der Waals surface area contributed by atoms with E-state index in [0.29, 0.717) is 6.54 Å². The average Bonchev–Trinajstić information content (AvgIpc) is 2.55. The Bertz CT molecular complexity index is 796. The van der Waals surface area contributed by atoms with Gasteiger partial charge in [-0.2, -0.15) is 0 Å². The molecule has 0 atom stereocenters. The molecule has 1 N–H and O–H groups in total. The fourth-order valence-corrected chi connectivity index (χ4v) is 2.77. The van der Waals surface area contributed by atoms with Crippen LogP contribution in [0.5, 0.6) is 0 Å². The monoisotopic (exact) mass is 338 g/mol. The number of nitrogens with zero attached hydrogens (tertiary/aromatic N) is 1. The lowest BCUT2D eigenvalue weighted by Gasteiger charge is -2.23. The van der Waals surface area contributed by atoms with Crippen LogP contribution >= 0.6 is 0 Å². The summed E-state index contributed by atoms with van der Waals surface area (Å²) in [5.41, 5.74) is 6.01. The van der Waals surface area contributed by atoms with Gasteiger partial charge in [0.2, 0.25) is 11.8 Å². The maximum absolute atomic E-state index is 12.3. The normalized spacial score (nSPS) is 10.4. The lowest BCUT2D eigenvalue weighted by molar-refractivity contribution is -0.117. The third kappa shape index (κ3) is 4.69. The number of amides is 2. The third-order valence-electron chi connectivity index (χ3n) is 4.48. The smallest absolute Gasteiger partial charge is 0.226 e. The first-order valence-electron chi connectivity index (χ1n) is 8.51. The van der Waals surface area contributed by atoms with Gasteiger partial charge in [-0.05, 0) is 62.1 Å². The molecule has 4 heteroatoms. The first-order valence-corrected chi connectivity index (χ1v) is 8.51. The van der Waals surface area contributed by atoms with Crippen molar-refractivity contribution in [1.29, 1.82) is 0 Å². The first-order chi connectivity index (χ1) is 11.8. The second-order valence-electron chi connectivity index (χ2n) is 6.51. The Balaban J connectivity index is 2.08. The summed E-state index contributed by atoms with van der Waals surface area (Å²) in [5.74, 6) is -0.154. The number of benzene rings is 2. The van der Waals surface area contributed by atoms with Crippen LogP contribution in [0.1, 0.15) is 35.6 Å². The molecule has 2 aromatic rings. The fourth-order valence-electron chi connectivity index (χ4n) is 2.77. The highest BCUT2D eigenvalue weighted by Gasteiger charge is 2.16. The van der Waals surface area contributed by atoms with Gasteiger partial charge in [0.05, 0.1) is 0 Å². The minimum absolute atomic E-state index is 0.0618. The highest BCUT2D eigenvalue weighted by atomic mass is 16.2. The summed E-state index contributed by atoms with van der Waals surface area (Å²) in [6, 6.07) is 11.8. The van der Waals surface area contributed by atoms with E-state index in [1.54, 1.807) is 4.90 Å². The molecule has 0 aromatic heterocycles. The summed E-state index contributed by atoms with van der Waals surface area (Å²) >= 11 is 0. The molecule has 0 aliphatic rings. The quantitative estimate of drug-likeness (QED) is 0.883. The van der Waals surface area contributed by atoms with Crippen molar-refractivity contribution in [3.8, 4) is 0 Å². The van der Waals surface area contributed by atoms with E-state index in [4.69, 9.17) is 0 Å². The molecule has 0 saturated heterocycles. The molecule has 2 rings (SSSR count). The standard InChI is InChI=1S/C21H26N2O2/c1-14-9-10-16(3)20(13-14)23(18(5)24)12-11-21(25)22-19-8-6-7-15(2)17(19)4/h6-10,13H,11-12H2,1-5H3,(H,22,25). The molecule has 2 aromatic carbocycles. The Labute approximate surface area is 149 Å². The van der Waals surface area contributed by atoms with Crippen molar-refractivity contribution >= 4 is 23.2 Å². The number of carbonyl (C=O) groups excluding carboxylic acids is 2. The summed E-state index contributed by atoms with van der Waals surface area (Å²) in [6.45, 7) is 9.86. The van der Waals surface area contributed by atoms with Crippen molar-refractivity contribution in [2.75, 3.05) is 16.8 Å². The molecule has 0 aliphatic carbocycles. The predicted octanol–water partition coefficient (Wildman–Crippen LogP) is 4.30. The Hall–Kier alpha value is -2.62. The van der Waals surface area contributed by atoms with Gasteiger partial charge in [-0.15, -0.1) is 0 Å². The van der Waals surface area contributed by atoms with Crippen LogP contribution in [-0.4, -0.2) is 18.4 Å². The second kappa shape index (κ2) is 7.97. The lowest BCUT2D eigenvalue weighted by Crippen LogP contribution is -2.32. The highest BCUT2D eigenvalue weighted by Crippen LogP contribution is 2.22. The summed E-state index contributed by atoms with van der Waals surface area (Å²) in [6.07, 6.45) is 0.250. The van der Waals surface area contributed by atoms with Crippen LogP contribution in [0.3, 0.4) is 0 Å². The van der Waals surface area contributed by atoms with Crippen LogP contribution in [-0.2, 0) is 9.59 Å². The molecule has 0 bridgehead atoms. The Kier molecular flexibility index (Phi) is 5.97. The molecule has 0 fully saturated rings. The zero-order valence-electron chi connectivity index (χ0n) is 15.6. The van der Waals surface area contributed by atoms with Crippen LogP contribution in [0.2, 0.25) is 0 Å². The minimum Gasteiger partial charge on any atom is -0.326 e. The third-order valence-corrected chi connectivity index (χ3v) is 4.48. The van der Waals surface area contributed by atoms with Crippen molar-refractivity contribution in [3.05, 3.63) is 58.7 Å². The summed E-state index contributed by atoms with van der Waals surface area (Å²) in [7, 11) is 0. The second-order valence-corrected chi connectivity index (χ2v) is 6.51. The van der Waals surface area contributed by atoms with Gasteiger partial charge in [0, 0.05) is 31.3 Å². The van der Waals surface area contributed by atoms with Gasteiger partial charge in [0.15, 0.2) is 0 Å².